The average Bonchev–Trinajstić information content (AvgIpc) is 2.74. The zero-order chi connectivity index (χ0) is 14.8. The molecule has 0 amide bonds. The maximum Gasteiger partial charge on any atom is 0.311 e. The fourth-order valence-electron chi connectivity index (χ4n) is 5.06. The first-order chi connectivity index (χ1) is 10.0. The maximum absolute atomic E-state index is 12.3. The van der Waals surface area contributed by atoms with Crippen molar-refractivity contribution in [1.29, 1.82) is 0 Å². The van der Waals surface area contributed by atoms with Crippen LogP contribution in [0.25, 0.3) is 0 Å². The number of hydrogen-bond acceptors (Lipinski definition) is 3. The van der Waals surface area contributed by atoms with Gasteiger partial charge in [0.05, 0.1) is 11.5 Å². The highest BCUT2D eigenvalue weighted by Crippen LogP contribution is 2.67. The summed E-state index contributed by atoms with van der Waals surface area (Å²) in [5, 5.41) is 4.43. The minimum atomic E-state index is -0.0897. The lowest BCUT2D eigenvalue weighted by atomic mass is 9.77. The number of esters is 1. The number of rotatable bonds is 3. The summed E-state index contributed by atoms with van der Waals surface area (Å²) in [6, 6.07) is 0. The first-order valence-corrected chi connectivity index (χ1v) is 8.23. The third-order valence-corrected chi connectivity index (χ3v) is 6.31. The van der Waals surface area contributed by atoms with Crippen molar-refractivity contribution in [3.8, 4) is 0 Å². The fraction of sp³-hybridized carbons (Fsp3) is 0.824. The predicted molar refractivity (Wildman–Crippen MR) is 77.7 cm³/mol. The maximum atomic E-state index is 12.3. The first kappa shape index (κ1) is 13.8. The summed E-state index contributed by atoms with van der Waals surface area (Å²) in [7, 11) is 0. The number of carbonyl (C=O) groups is 1. The van der Waals surface area contributed by atoms with Crippen LogP contribution in [-0.4, -0.2) is 36.4 Å². The molecule has 1 radical (unpaired) electrons. The van der Waals surface area contributed by atoms with Crippen LogP contribution in [0.4, 0.5) is 0 Å². The number of carbonyl (C=O) groups excluding carboxylic acids is 1. The molecular formula is C17H24NO3. The van der Waals surface area contributed by atoms with Crippen LogP contribution in [0.15, 0.2) is 11.6 Å². The molecule has 21 heavy (non-hydrogen) atoms. The molecule has 2 heterocycles. The van der Waals surface area contributed by atoms with Gasteiger partial charge in [-0.3, -0.25) is 4.79 Å². The largest absolute Gasteiger partial charge is 0.461 e. The first-order valence-electron chi connectivity index (χ1n) is 8.23. The highest BCUT2D eigenvalue weighted by molar-refractivity contribution is 5.76. The lowest BCUT2D eigenvalue weighted by molar-refractivity contribution is -0.146. The van der Waals surface area contributed by atoms with Crippen molar-refractivity contribution in [2.24, 2.45) is 17.8 Å². The number of hydrogen-bond donors (Lipinski definition) is 0. The molecule has 2 aliphatic carbocycles. The molecule has 0 aromatic heterocycles. The molecule has 4 heteroatoms. The van der Waals surface area contributed by atoms with Crippen LogP contribution >= 0.6 is 0 Å². The number of ether oxygens (including phenoxy) is 2. The number of nitrogens with zero attached hydrogens (tertiary/aromatic N) is 1. The Balaban J connectivity index is 1.66. The Morgan fingerprint density at radius 2 is 2.29 bits per heavy atom. The van der Waals surface area contributed by atoms with Crippen molar-refractivity contribution in [2.45, 2.75) is 57.3 Å². The average molecular weight is 290 g/mol. The SMILES string of the molecule is CC[N]C[C@@H]1C(=O)O[C@H]2[C@H]1CCC1(C)O[C@@]13CC=C(C)[C@H]23. The zero-order valence-corrected chi connectivity index (χ0v) is 13.1. The van der Waals surface area contributed by atoms with Crippen molar-refractivity contribution in [1.82, 2.24) is 5.32 Å². The Hall–Kier alpha value is -0.870. The van der Waals surface area contributed by atoms with E-state index < -0.39 is 0 Å². The van der Waals surface area contributed by atoms with E-state index in [1.165, 1.54) is 5.57 Å². The third-order valence-electron chi connectivity index (χ3n) is 6.31. The van der Waals surface area contributed by atoms with Crippen LogP contribution in [0.2, 0.25) is 0 Å². The van der Waals surface area contributed by atoms with Crippen LogP contribution in [0.1, 0.15) is 40.0 Å². The summed E-state index contributed by atoms with van der Waals surface area (Å²) < 4.78 is 12.1. The van der Waals surface area contributed by atoms with E-state index >= 15 is 0 Å². The topological polar surface area (TPSA) is 52.9 Å². The van der Waals surface area contributed by atoms with Crippen molar-refractivity contribution in [3.63, 3.8) is 0 Å². The van der Waals surface area contributed by atoms with E-state index in [1.54, 1.807) is 0 Å². The highest BCUT2D eigenvalue weighted by atomic mass is 16.6. The Kier molecular flexibility index (Phi) is 2.84. The van der Waals surface area contributed by atoms with Gasteiger partial charge in [-0.1, -0.05) is 18.6 Å². The van der Waals surface area contributed by atoms with E-state index in [-0.39, 0.29) is 35.1 Å². The van der Waals surface area contributed by atoms with Gasteiger partial charge < -0.3 is 9.47 Å². The molecule has 0 aromatic rings. The highest BCUT2D eigenvalue weighted by Gasteiger charge is 2.75. The van der Waals surface area contributed by atoms with Crippen molar-refractivity contribution in [3.05, 3.63) is 11.6 Å². The van der Waals surface area contributed by atoms with Gasteiger partial charge in [-0.15, -0.1) is 0 Å². The van der Waals surface area contributed by atoms with Crippen molar-refractivity contribution >= 4 is 5.97 Å². The Bertz CT molecular complexity index is 516. The van der Waals surface area contributed by atoms with Gasteiger partial charge >= 0.3 is 5.97 Å². The van der Waals surface area contributed by atoms with E-state index in [9.17, 15) is 4.79 Å². The standard InChI is InChI=1S/C17H24NO3/c1-4-18-9-12-11-6-7-16(3)17(21-16)8-5-10(2)13(17)14(11)20-15(12)19/h5,11-14H,4,6-9H2,1-3H3/t11-,12-,13+,14-,16?,17+/m0/s1. The summed E-state index contributed by atoms with van der Waals surface area (Å²) >= 11 is 0. The molecule has 1 spiro atoms. The quantitative estimate of drug-likeness (QED) is 0.454. The lowest BCUT2D eigenvalue weighted by Crippen LogP contribution is -2.37. The smallest absolute Gasteiger partial charge is 0.311 e. The summed E-state index contributed by atoms with van der Waals surface area (Å²) in [5.74, 6) is 0.484. The summed E-state index contributed by atoms with van der Waals surface area (Å²) in [6.45, 7) is 7.82. The molecule has 2 aliphatic heterocycles. The normalized spacial score (nSPS) is 50.6. The van der Waals surface area contributed by atoms with Gasteiger partial charge in [0.25, 0.3) is 0 Å². The van der Waals surface area contributed by atoms with Gasteiger partial charge in [0.2, 0.25) is 0 Å². The second-order valence-electron chi connectivity index (χ2n) is 7.29. The molecule has 1 saturated carbocycles. The summed E-state index contributed by atoms with van der Waals surface area (Å²) in [5.41, 5.74) is 1.24. The Labute approximate surface area is 126 Å². The zero-order valence-electron chi connectivity index (χ0n) is 13.1. The molecule has 3 fully saturated rings. The van der Waals surface area contributed by atoms with E-state index in [1.807, 2.05) is 6.92 Å². The predicted octanol–water partition coefficient (Wildman–Crippen LogP) is 2.06. The minimum Gasteiger partial charge on any atom is -0.461 e. The van der Waals surface area contributed by atoms with Crippen molar-refractivity contribution in [2.75, 3.05) is 13.1 Å². The second-order valence-corrected chi connectivity index (χ2v) is 7.29. The minimum absolute atomic E-state index is 0.00219. The van der Waals surface area contributed by atoms with Gasteiger partial charge in [-0.05, 0) is 33.1 Å². The molecule has 4 rings (SSSR count). The van der Waals surface area contributed by atoms with Crippen LogP contribution in [0.5, 0.6) is 0 Å². The molecule has 115 valence electrons. The molecule has 0 aromatic carbocycles. The van der Waals surface area contributed by atoms with Gasteiger partial charge in [0.1, 0.15) is 11.7 Å². The van der Waals surface area contributed by atoms with Gasteiger partial charge in [-0.2, -0.15) is 0 Å². The molecular weight excluding hydrogens is 266 g/mol. The van der Waals surface area contributed by atoms with Crippen LogP contribution < -0.4 is 5.32 Å². The lowest BCUT2D eigenvalue weighted by Gasteiger charge is -2.28. The summed E-state index contributed by atoms with van der Waals surface area (Å²) in [4.78, 5) is 12.3. The van der Waals surface area contributed by atoms with Crippen LogP contribution in [0.3, 0.4) is 0 Å². The van der Waals surface area contributed by atoms with Crippen molar-refractivity contribution < 1.29 is 14.3 Å². The number of fused-ring (bicyclic) bond motifs is 2. The Morgan fingerprint density at radius 3 is 3.05 bits per heavy atom. The monoisotopic (exact) mass is 290 g/mol. The molecule has 0 bridgehead atoms. The molecule has 1 unspecified atom stereocenters. The van der Waals surface area contributed by atoms with Gasteiger partial charge in [-0.25, -0.2) is 5.32 Å². The van der Waals surface area contributed by atoms with Gasteiger partial charge in [0.15, 0.2) is 0 Å². The van der Waals surface area contributed by atoms with Crippen LogP contribution in [-0.2, 0) is 14.3 Å². The van der Waals surface area contributed by atoms with E-state index in [0.717, 1.165) is 25.8 Å². The molecule has 2 saturated heterocycles. The van der Waals surface area contributed by atoms with Crippen LogP contribution in [0, 0.1) is 17.8 Å². The Morgan fingerprint density at radius 1 is 1.48 bits per heavy atom. The summed E-state index contributed by atoms with van der Waals surface area (Å²) in [6.07, 6.45) is 5.31. The molecule has 0 N–H and O–H groups in total. The van der Waals surface area contributed by atoms with Gasteiger partial charge in [0, 0.05) is 24.9 Å². The second kappa shape index (κ2) is 4.32. The molecule has 4 nitrogen and oxygen atoms in total. The third kappa shape index (κ3) is 1.66. The molecule has 4 aliphatic rings. The fourth-order valence-corrected chi connectivity index (χ4v) is 5.06. The van der Waals surface area contributed by atoms with E-state index in [0.29, 0.717) is 12.5 Å². The van der Waals surface area contributed by atoms with E-state index in [4.69, 9.17) is 9.47 Å². The number of epoxide rings is 1. The van der Waals surface area contributed by atoms with E-state index in [2.05, 4.69) is 25.2 Å². The molecule has 6 atom stereocenters.